The molecular formula is C21H24N4OS. The molecule has 0 bridgehead atoms. The number of nitrogens with one attached hydrogen (secondary N) is 1. The van der Waals surface area contributed by atoms with E-state index in [2.05, 4.69) is 15.3 Å². The highest BCUT2D eigenvalue weighted by Crippen LogP contribution is 2.33. The molecule has 27 heavy (non-hydrogen) atoms. The van der Waals surface area contributed by atoms with E-state index >= 15 is 0 Å². The predicted octanol–water partition coefficient (Wildman–Crippen LogP) is 2.99. The number of hydrogen-bond acceptors (Lipinski definition) is 5. The highest BCUT2D eigenvalue weighted by Gasteiger charge is 2.39. The average Bonchev–Trinajstić information content (AvgIpc) is 3.12. The van der Waals surface area contributed by atoms with Crippen molar-refractivity contribution in [1.82, 2.24) is 15.3 Å². The van der Waals surface area contributed by atoms with Crippen LogP contribution in [0, 0.1) is 6.92 Å². The Hall–Kier alpha value is -2.57. The first-order valence-electron chi connectivity index (χ1n) is 8.99. The molecule has 3 heterocycles. The van der Waals surface area contributed by atoms with Gasteiger partial charge in [0.05, 0.1) is 0 Å². The van der Waals surface area contributed by atoms with Gasteiger partial charge in [-0.05, 0) is 72.5 Å². The molecule has 1 atom stereocenters. The number of hydrogen-bond donors (Lipinski definition) is 2. The molecule has 0 aliphatic rings. The first-order valence-corrected chi connectivity index (χ1v) is 9.87. The number of carbonyl (C=O) groups is 1. The summed E-state index contributed by atoms with van der Waals surface area (Å²) >= 11 is 1.58. The van der Waals surface area contributed by atoms with E-state index in [1.807, 2.05) is 48.8 Å². The Morgan fingerprint density at radius 3 is 2.56 bits per heavy atom. The van der Waals surface area contributed by atoms with Crippen LogP contribution < -0.4 is 11.1 Å². The number of nitrogens with zero attached hydrogens (tertiary/aromatic N) is 2. The quantitative estimate of drug-likeness (QED) is 0.598. The van der Waals surface area contributed by atoms with Gasteiger partial charge in [-0.15, -0.1) is 11.3 Å². The summed E-state index contributed by atoms with van der Waals surface area (Å²) in [5.41, 5.74) is 8.42. The van der Waals surface area contributed by atoms with Gasteiger partial charge in [0.2, 0.25) is 5.91 Å². The molecule has 0 aliphatic carbocycles. The molecule has 0 spiro atoms. The summed E-state index contributed by atoms with van der Waals surface area (Å²) in [5, 5.41) is 5.50. The number of rotatable bonds is 9. The van der Waals surface area contributed by atoms with Crippen molar-refractivity contribution in [3.8, 4) is 0 Å². The number of thiophene rings is 1. The zero-order chi connectivity index (χ0) is 19.1. The van der Waals surface area contributed by atoms with Crippen LogP contribution in [-0.2, 0) is 23.2 Å². The highest BCUT2D eigenvalue weighted by molar-refractivity contribution is 7.10. The van der Waals surface area contributed by atoms with Crippen LogP contribution in [0.2, 0.25) is 0 Å². The van der Waals surface area contributed by atoms with Gasteiger partial charge in [-0.3, -0.25) is 20.1 Å². The van der Waals surface area contributed by atoms with Crippen molar-refractivity contribution >= 4 is 17.2 Å². The van der Waals surface area contributed by atoms with Gasteiger partial charge in [0.1, 0.15) is 5.54 Å². The van der Waals surface area contributed by atoms with Gasteiger partial charge in [0, 0.05) is 36.2 Å². The third kappa shape index (κ3) is 4.59. The van der Waals surface area contributed by atoms with Crippen LogP contribution in [0.4, 0.5) is 0 Å². The molecule has 6 heteroatoms. The lowest BCUT2D eigenvalue weighted by molar-refractivity contribution is -0.125. The van der Waals surface area contributed by atoms with Crippen LogP contribution in [0.3, 0.4) is 0 Å². The molecule has 5 nitrogen and oxygen atoms in total. The number of carbonyl (C=O) groups excluding carboxylic acids is 1. The fourth-order valence-corrected chi connectivity index (χ4v) is 4.40. The van der Waals surface area contributed by atoms with Gasteiger partial charge in [0.25, 0.3) is 0 Å². The third-order valence-electron chi connectivity index (χ3n) is 4.77. The van der Waals surface area contributed by atoms with E-state index in [4.69, 9.17) is 5.73 Å². The second-order valence-electron chi connectivity index (χ2n) is 6.60. The van der Waals surface area contributed by atoms with Crippen LogP contribution in [-0.4, -0.2) is 22.4 Å². The lowest BCUT2D eigenvalue weighted by atomic mass is 9.87. The minimum Gasteiger partial charge on any atom is -0.368 e. The molecular weight excluding hydrogens is 356 g/mol. The summed E-state index contributed by atoms with van der Waals surface area (Å²) in [4.78, 5) is 21.9. The Morgan fingerprint density at radius 2 is 1.93 bits per heavy atom. The Kier molecular flexibility index (Phi) is 6.32. The maximum atomic E-state index is 12.7. The summed E-state index contributed by atoms with van der Waals surface area (Å²) in [6.07, 6.45) is 9.26. The molecule has 1 unspecified atom stereocenters. The lowest BCUT2D eigenvalue weighted by Crippen LogP contribution is -2.53. The molecule has 0 saturated carbocycles. The van der Waals surface area contributed by atoms with Crippen molar-refractivity contribution in [1.29, 1.82) is 0 Å². The van der Waals surface area contributed by atoms with E-state index in [9.17, 15) is 4.79 Å². The molecule has 1 amide bonds. The van der Waals surface area contributed by atoms with Crippen molar-refractivity contribution in [3.63, 3.8) is 0 Å². The van der Waals surface area contributed by atoms with Crippen LogP contribution in [0.15, 0.2) is 60.5 Å². The maximum Gasteiger partial charge on any atom is 0.243 e. The van der Waals surface area contributed by atoms with Gasteiger partial charge in [0.15, 0.2) is 0 Å². The van der Waals surface area contributed by atoms with Crippen LogP contribution in [0.25, 0.3) is 0 Å². The zero-order valence-electron chi connectivity index (χ0n) is 15.4. The smallest absolute Gasteiger partial charge is 0.243 e. The average molecular weight is 381 g/mol. The second-order valence-corrected chi connectivity index (χ2v) is 7.51. The molecule has 3 aromatic heterocycles. The molecule has 0 radical (unpaired) electrons. The SMILES string of the molecule is Cc1ccsc1C(CCc1cccnc1)(NCCc1ccncc1)C(N)=O. The summed E-state index contributed by atoms with van der Waals surface area (Å²) in [6, 6.07) is 9.94. The van der Waals surface area contributed by atoms with E-state index in [-0.39, 0.29) is 5.91 Å². The minimum atomic E-state index is -0.888. The maximum absolute atomic E-state index is 12.7. The predicted molar refractivity (Wildman–Crippen MR) is 108 cm³/mol. The first kappa shape index (κ1) is 19.2. The van der Waals surface area contributed by atoms with Gasteiger partial charge in [-0.1, -0.05) is 6.07 Å². The normalized spacial score (nSPS) is 13.2. The summed E-state index contributed by atoms with van der Waals surface area (Å²) < 4.78 is 0. The van der Waals surface area contributed by atoms with Gasteiger partial charge in [-0.2, -0.15) is 0 Å². The zero-order valence-corrected chi connectivity index (χ0v) is 16.2. The first-order chi connectivity index (χ1) is 13.1. The number of nitrogens with two attached hydrogens (primary N) is 1. The summed E-state index contributed by atoms with van der Waals surface area (Å²) in [5.74, 6) is -0.341. The molecule has 3 aromatic rings. The van der Waals surface area contributed by atoms with Crippen LogP contribution in [0.5, 0.6) is 0 Å². The van der Waals surface area contributed by atoms with Gasteiger partial charge < -0.3 is 5.73 Å². The summed E-state index contributed by atoms with van der Waals surface area (Å²) in [7, 11) is 0. The number of amides is 1. The van der Waals surface area contributed by atoms with Crippen molar-refractivity contribution in [2.24, 2.45) is 5.73 Å². The fourth-order valence-electron chi connectivity index (χ4n) is 3.26. The largest absolute Gasteiger partial charge is 0.368 e. The Labute approximate surface area is 163 Å². The topological polar surface area (TPSA) is 80.9 Å². The highest BCUT2D eigenvalue weighted by atomic mass is 32.1. The number of primary amides is 1. The Morgan fingerprint density at radius 1 is 1.11 bits per heavy atom. The number of aryl methyl sites for hydroxylation is 2. The van der Waals surface area contributed by atoms with Crippen molar-refractivity contribution < 1.29 is 4.79 Å². The third-order valence-corrected chi connectivity index (χ3v) is 5.95. The van der Waals surface area contributed by atoms with Crippen molar-refractivity contribution in [2.75, 3.05) is 6.54 Å². The summed E-state index contributed by atoms with van der Waals surface area (Å²) in [6.45, 7) is 2.68. The molecule has 140 valence electrons. The van der Waals surface area contributed by atoms with E-state index in [1.54, 1.807) is 29.9 Å². The van der Waals surface area contributed by atoms with E-state index in [1.165, 1.54) is 5.56 Å². The molecule has 3 rings (SSSR count). The monoisotopic (exact) mass is 380 g/mol. The Bertz CT molecular complexity index is 866. The van der Waals surface area contributed by atoms with Gasteiger partial charge >= 0.3 is 0 Å². The van der Waals surface area contributed by atoms with E-state index < -0.39 is 5.54 Å². The number of aromatic nitrogens is 2. The standard InChI is InChI=1S/C21H24N4OS/c1-16-8-14-27-19(16)21(20(22)26,9-4-18-3-2-10-24-15-18)25-13-7-17-5-11-23-12-6-17/h2-3,5-6,8,10-12,14-15,25H,4,7,9,13H2,1H3,(H2,22,26). The molecule has 3 N–H and O–H groups in total. The minimum absolute atomic E-state index is 0.341. The van der Waals surface area contributed by atoms with Crippen molar-refractivity contribution in [2.45, 2.75) is 31.7 Å². The van der Waals surface area contributed by atoms with Crippen LogP contribution in [0.1, 0.15) is 28.0 Å². The molecule has 0 aromatic carbocycles. The fraction of sp³-hybridized carbons (Fsp3) is 0.286. The molecule has 0 aliphatic heterocycles. The second kappa shape index (κ2) is 8.88. The number of pyridine rings is 2. The molecule has 0 fully saturated rings. The van der Waals surface area contributed by atoms with E-state index in [0.717, 1.165) is 28.8 Å². The Balaban J connectivity index is 1.82. The van der Waals surface area contributed by atoms with Gasteiger partial charge in [-0.25, -0.2) is 0 Å². The van der Waals surface area contributed by atoms with E-state index in [0.29, 0.717) is 13.0 Å². The van der Waals surface area contributed by atoms with Crippen LogP contribution >= 0.6 is 11.3 Å². The van der Waals surface area contributed by atoms with Crippen molar-refractivity contribution in [3.05, 3.63) is 82.1 Å². The lowest BCUT2D eigenvalue weighted by Gasteiger charge is -2.32. The molecule has 0 saturated heterocycles.